The molecule has 1 saturated heterocycles. The molecule has 6 heteroatoms. The highest BCUT2D eigenvalue weighted by Crippen LogP contribution is 2.47. The quantitative estimate of drug-likeness (QED) is 0.269. The van der Waals surface area contributed by atoms with Gasteiger partial charge in [0.1, 0.15) is 0 Å². The summed E-state index contributed by atoms with van der Waals surface area (Å²) in [5.41, 5.74) is 4.10. The molecule has 2 fully saturated rings. The maximum atomic E-state index is 6.07. The maximum Gasteiger partial charge on any atom is 0.191 e. The summed E-state index contributed by atoms with van der Waals surface area (Å²) >= 11 is 0. The molecule has 0 amide bonds. The summed E-state index contributed by atoms with van der Waals surface area (Å²) in [6.07, 6.45) is 4.77. The van der Waals surface area contributed by atoms with Gasteiger partial charge in [0.05, 0.1) is 19.3 Å². The molecule has 4 rings (SSSR count). The van der Waals surface area contributed by atoms with Crippen molar-refractivity contribution in [1.82, 2.24) is 10.6 Å². The van der Waals surface area contributed by atoms with Crippen LogP contribution >= 0.6 is 24.0 Å². The van der Waals surface area contributed by atoms with Crippen LogP contribution in [0.15, 0.2) is 59.6 Å². The number of rotatable bonds is 9. The zero-order valence-corrected chi connectivity index (χ0v) is 21.3. The maximum absolute atomic E-state index is 6.07. The Morgan fingerprint density at radius 2 is 1.78 bits per heavy atom. The summed E-state index contributed by atoms with van der Waals surface area (Å²) in [6.45, 7) is 6.80. The lowest BCUT2D eigenvalue weighted by molar-refractivity contribution is -0.0390. The van der Waals surface area contributed by atoms with Crippen molar-refractivity contribution in [2.24, 2.45) is 4.99 Å². The largest absolute Gasteiger partial charge is 0.381 e. The molecule has 0 atom stereocenters. The van der Waals surface area contributed by atoms with Crippen molar-refractivity contribution in [3.63, 3.8) is 0 Å². The number of ether oxygens (including phenoxy) is 2. The zero-order valence-electron chi connectivity index (χ0n) is 19.0. The molecule has 1 aliphatic carbocycles. The second-order valence-corrected chi connectivity index (χ2v) is 8.64. The number of benzene rings is 2. The molecule has 1 heterocycles. The molecule has 2 aromatic carbocycles. The summed E-state index contributed by atoms with van der Waals surface area (Å²) in [6, 6.07) is 19.4. The van der Waals surface area contributed by atoms with Gasteiger partial charge < -0.3 is 20.1 Å². The third-order valence-electron chi connectivity index (χ3n) is 6.24. The third kappa shape index (κ3) is 7.18. The van der Waals surface area contributed by atoms with Gasteiger partial charge >= 0.3 is 0 Å². The Balaban J connectivity index is 0.00000289. The first kappa shape index (κ1) is 25.0. The molecule has 1 saturated carbocycles. The van der Waals surface area contributed by atoms with Gasteiger partial charge in [-0.2, -0.15) is 0 Å². The Hall–Kier alpha value is -1.64. The molecule has 2 N–H and O–H groups in total. The number of guanidine groups is 1. The monoisotopic (exact) mass is 549 g/mol. The van der Waals surface area contributed by atoms with E-state index in [1.807, 2.05) is 0 Å². The average Bonchev–Trinajstić information content (AvgIpc) is 3.62. The first-order valence-corrected chi connectivity index (χ1v) is 11.6. The minimum absolute atomic E-state index is 0. The van der Waals surface area contributed by atoms with E-state index < -0.39 is 0 Å². The van der Waals surface area contributed by atoms with E-state index in [-0.39, 0.29) is 29.4 Å². The Morgan fingerprint density at radius 3 is 2.50 bits per heavy atom. The van der Waals surface area contributed by atoms with Crippen molar-refractivity contribution < 1.29 is 9.47 Å². The van der Waals surface area contributed by atoms with Gasteiger partial charge in [0, 0.05) is 31.7 Å². The van der Waals surface area contributed by atoms with Gasteiger partial charge in [-0.25, -0.2) is 4.99 Å². The number of nitrogens with one attached hydrogen (secondary N) is 2. The van der Waals surface area contributed by atoms with E-state index >= 15 is 0 Å². The van der Waals surface area contributed by atoms with E-state index in [4.69, 9.17) is 14.5 Å². The van der Waals surface area contributed by atoms with Crippen molar-refractivity contribution in [3.05, 3.63) is 71.3 Å². The van der Waals surface area contributed by atoms with Crippen LogP contribution in [0, 0.1) is 0 Å². The van der Waals surface area contributed by atoms with Crippen molar-refractivity contribution in [2.45, 2.75) is 57.3 Å². The minimum Gasteiger partial charge on any atom is -0.381 e. The number of hydrogen-bond donors (Lipinski definition) is 2. The minimum atomic E-state index is 0. The Kier molecular flexibility index (Phi) is 9.81. The molecular weight excluding hydrogens is 513 g/mol. The van der Waals surface area contributed by atoms with E-state index in [0.717, 1.165) is 45.1 Å². The molecule has 0 spiro atoms. The van der Waals surface area contributed by atoms with Crippen LogP contribution in [0.2, 0.25) is 0 Å². The van der Waals surface area contributed by atoms with Gasteiger partial charge in [-0.1, -0.05) is 54.6 Å². The molecule has 174 valence electrons. The van der Waals surface area contributed by atoms with Crippen LogP contribution in [-0.2, 0) is 28.0 Å². The van der Waals surface area contributed by atoms with Crippen molar-refractivity contribution >= 4 is 29.9 Å². The smallest absolute Gasteiger partial charge is 0.191 e. The number of aliphatic imine (C=N–C) groups is 1. The number of nitrogens with zero attached hydrogens (tertiary/aromatic N) is 1. The molecular formula is C26H36IN3O2. The van der Waals surface area contributed by atoms with Crippen LogP contribution in [0.3, 0.4) is 0 Å². The van der Waals surface area contributed by atoms with E-state index in [9.17, 15) is 0 Å². The number of halogens is 1. The normalized spacial score (nSPS) is 18.0. The summed E-state index contributed by atoms with van der Waals surface area (Å²) in [5.74, 6) is 0.883. The second kappa shape index (κ2) is 12.6. The first-order chi connectivity index (χ1) is 15.3. The van der Waals surface area contributed by atoms with Crippen molar-refractivity contribution in [2.75, 3.05) is 26.3 Å². The average molecular weight is 549 g/mol. The van der Waals surface area contributed by atoms with Gasteiger partial charge in [0.2, 0.25) is 0 Å². The molecule has 0 aromatic heterocycles. The van der Waals surface area contributed by atoms with Gasteiger partial charge in [0.15, 0.2) is 5.96 Å². The lowest BCUT2D eigenvalue weighted by atomic mass is 9.96. The Bertz CT molecular complexity index is 849. The lowest BCUT2D eigenvalue weighted by Gasteiger charge is -2.22. The lowest BCUT2D eigenvalue weighted by Crippen LogP contribution is -2.41. The molecule has 5 nitrogen and oxygen atoms in total. The van der Waals surface area contributed by atoms with Crippen LogP contribution in [0.5, 0.6) is 0 Å². The van der Waals surface area contributed by atoms with E-state index in [1.165, 1.54) is 29.5 Å². The molecule has 1 aliphatic heterocycles. The third-order valence-corrected chi connectivity index (χ3v) is 6.24. The molecule has 0 radical (unpaired) electrons. The van der Waals surface area contributed by atoms with Crippen LogP contribution in [-0.4, -0.2) is 38.4 Å². The highest BCUT2D eigenvalue weighted by molar-refractivity contribution is 14.0. The highest BCUT2D eigenvalue weighted by Gasteiger charge is 2.43. The first-order valence-electron chi connectivity index (χ1n) is 11.6. The SMILES string of the molecule is CCNC(=NCc1cccc(COC2CCOCC2)c1)NCC1(c2ccccc2)CC1.I. The Morgan fingerprint density at radius 1 is 1.03 bits per heavy atom. The molecule has 0 bridgehead atoms. The molecule has 2 aromatic rings. The van der Waals surface area contributed by atoms with Crippen LogP contribution in [0.25, 0.3) is 0 Å². The van der Waals surface area contributed by atoms with E-state index in [1.54, 1.807) is 0 Å². The van der Waals surface area contributed by atoms with Crippen molar-refractivity contribution in [3.8, 4) is 0 Å². The molecule has 0 unspecified atom stereocenters. The number of hydrogen-bond acceptors (Lipinski definition) is 3. The summed E-state index contributed by atoms with van der Waals surface area (Å²) in [7, 11) is 0. The zero-order chi connectivity index (χ0) is 21.4. The molecule has 32 heavy (non-hydrogen) atoms. The summed E-state index contributed by atoms with van der Waals surface area (Å²) in [5, 5.41) is 6.97. The molecule has 2 aliphatic rings. The van der Waals surface area contributed by atoms with Crippen LogP contribution < -0.4 is 10.6 Å². The van der Waals surface area contributed by atoms with E-state index in [0.29, 0.717) is 19.3 Å². The summed E-state index contributed by atoms with van der Waals surface area (Å²) < 4.78 is 11.5. The highest BCUT2D eigenvalue weighted by atomic mass is 127. The van der Waals surface area contributed by atoms with Gasteiger partial charge in [0.25, 0.3) is 0 Å². The standard InChI is InChI=1S/C26H35N3O2.HI/c1-2-27-25(29-20-26(13-14-26)23-9-4-3-5-10-23)28-18-21-7-6-8-22(17-21)19-31-24-11-15-30-16-12-24;/h3-10,17,24H,2,11-16,18-20H2,1H3,(H2,27,28,29);1H. The fourth-order valence-corrected chi connectivity index (χ4v) is 4.15. The predicted molar refractivity (Wildman–Crippen MR) is 141 cm³/mol. The van der Waals surface area contributed by atoms with Gasteiger partial charge in [-0.3, -0.25) is 0 Å². The summed E-state index contributed by atoms with van der Waals surface area (Å²) in [4.78, 5) is 4.84. The fourth-order valence-electron chi connectivity index (χ4n) is 4.15. The van der Waals surface area contributed by atoms with E-state index in [2.05, 4.69) is 72.2 Å². The van der Waals surface area contributed by atoms with Gasteiger partial charge in [-0.15, -0.1) is 24.0 Å². The predicted octanol–water partition coefficient (Wildman–Crippen LogP) is 4.79. The Labute approximate surface area is 209 Å². The van der Waals surface area contributed by atoms with Crippen molar-refractivity contribution in [1.29, 1.82) is 0 Å². The van der Waals surface area contributed by atoms with Gasteiger partial charge in [-0.05, 0) is 49.3 Å². The van der Waals surface area contributed by atoms with Crippen LogP contribution in [0.4, 0.5) is 0 Å². The van der Waals surface area contributed by atoms with Crippen LogP contribution in [0.1, 0.15) is 49.3 Å². The second-order valence-electron chi connectivity index (χ2n) is 8.64. The topological polar surface area (TPSA) is 54.9 Å². The fraction of sp³-hybridized carbons (Fsp3) is 0.500.